The van der Waals surface area contributed by atoms with Crippen LogP contribution in [-0.2, 0) is 16.1 Å². The summed E-state index contributed by atoms with van der Waals surface area (Å²) in [5.74, 6) is 1.40. The topological polar surface area (TPSA) is 88.4 Å². The molecule has 0 bridgehead atoms. The number of fused-ring (bicyclic) bond motifs is 2. The number of carbonyl (C=O) groups excluding carboxylic acids is 1. The number of nitrogens with zero attached hydrogens (tertiary/aromatic N) is 2. The SMILES string of the molecule is CCOC(=O)C1=C(c2ccccc2)N=c2s/c(=C\c3cc(I)c(OCc4ccccc4)c(I)c3)c(=O)n2C1c1ccc2c(c1)OCO2. The molecule has 2 aliphatic heterocycles. The number of carbonyl (C=O) groups is 1. The second kappa shape index (κ2) is 13.6. The molecule has 8 nitrogen and oxygen atoms in total. The summed E-state index contributed by atoms with van der Waals surface area (Å²) in [6.07, 6.45) is 1.86. The fourth-order valence-electron chi connectivity index (χ4n) is 5.52. The summed E-state index contributed by atoms with van der Waals surface area (Å²) in [5, 5.41) is 0. The van der Waals surface area contributed by atoms with E-state index in [0.717, 1.165) is 29.6 Å². The number of aromatic nitrogens is 1. The lowest BCUT2D eigenvalue weighted by Crippen LogP contribution is -2.40. The van der Waals surface area contributed by atoms with Gasteiger partial charge in [0.05, 0.1) is 35.6 Å². The van der Waals surface area contributed by atoms with Crippen LogP contribution < -0.4 is 29.1 Å². The molecule has 0 spiro atoms. The highest BCUT2D eigenvalue weighted by Gasteiger charge is 2.36. The molecule has 0 saturated heterocycles. The molecule has 11 heteroatoms. The molecule has 1 unspecified atom stereocenters. The zero-order chi connectivity index (χ0) is 32.5. The quantitative estimate of drug-likeness (QED) is 0.132. The zero-order valence-corrected chi connectivity index (χ0v) is 30.1. The molecule has 47 heavy (non-hydrogen) atoms. The van der Waals surface area contributed by atoms with Crippen molar-refractivity contribution in [1.82, 2.24) is 4.57 Å². The minimum absolute atomic E-state index is 0.102. The molecule has 1 aromatic heterocycles. The van der Waals surface area contributed by atoms with Gasteiger partial charge in [0.15, 0.2) is 16.3 Å². The van der Waals surface area contributed by atoms with Crippen LogP contribution in [-0.4, -0.2) is 23.9 Å². The Labute approximate surface area is 301 Å². The Bertz CT molecular complexity index is 2190. The van der Waals surface area contributed by atoms with E-state index < -0.39 is 12.0 Å². The predicted molar refractivity (Wildman–Crippen MR) is 196 cm³/mol. The Morgan fingerprint density at radius 1 is 0.979 bits per heavy atom. The Morgan fingerprint density at radius 2 is 1.68 bits per heavy atom. The van der Waals surface area contributed by atoms with Crippen LogP contribution in [0.2, 0.25) is 0 Å². The highest BCUT2D eigenvalue weighted by atomic mass is 127. The molecule has 7 rings (SSSR count). The van der Waals surface area contributed by atoms with E-state index in [1.807, 2.05) is 91.0 Å². The van der Waals surface area contributed by atoms with Gasteiger partial charge in [0.1, 0.15) is 12.4 Å². The number of esters is 1. The Balaban J connectivity index is 1.37. The number of thiazole rings is 1. The Hall–Kier alpha value is -3.95. The minimum atomic E-state index is -0.814. The highest BCUT2D eigenvalue weighted by Crippen LogP contribution is 2.40. The molecule has 3 heterocycles. The van der Waals surface area contributed by atoms with Crippen LogP contribution >= 0.6 is 56.5 Å². The molecule has 5 aromatic rings. The van der Waals surface area contributed by atoms with Gasteiger partial charge in [-0.25, -0.2) is 9.79 Å². The molecule has 0 aliphatic carbocycles. The molecule has 4 aromatic carbocycles. The fraction of sp³-hybridized carbons (Fsp3) is 0.139. The molecular weight excluding hydrogens is 842 g/mol. The first kappa shape index (κ1) is 31.6. The molecule has 0 fully saturated rings. The van der Waals surface area contributed by atoms with Crippen LogP contribution in [0.4, 0.5) is 0 Å². The van der Waals surface area contributed by atoms with Crippen LogP contribution in [0.15, 0.2) is 106 Å². The number of benzene rings is 4. The van der Waals surface area contributed by atoms with Gasteiger partial charge in [0, 0.05) is 5.56 Å². The van der Waals surface area contributed by atoms with E-state index in [0.29, 0.717) is 38.7 Å². The van der Waals surface area contributed by atoms with Crippen LogP contribution in [0, 0.1) is 7.14 Å². The first-order valence-corrected chi connectivity index (χ1v) is 17.7. The van der Waals surface area contributed by atoms with Crippen LogP contribution in [0.25, 0.3) is 11.8 Å². The maximum absolute atomic E-state index is 14.3. The third-order valence-electron chi connectivity index (χ3n) is 7.63. The molecule has 0 N–H and O–H groups in total. The van der Waals surface area contributed by atoms with Crippen molar-refractivity contribution >= 4 is 74.3 Å². The summed E-state index contributed by atoms with van der Waals surface area (Å²) < 4.78 is 26.9. The van der Waals surface area contributed by atoms with Gasteiger partial charge in [-0.15, -0.1) is 0 Å². The number of hydrogen-bond acceptors (Lipinski definition) is 8. The van der Waals surface area contributed by atoms with E-state index in [-0.39, 0.29) is 24.5 Å². The lowest BCUT2D eigenvalue weighted by Gasteiger charge is -2.26. The Kier molecular flexibility index (Phi) is 9.19. The molecule has 1 atom stereocenters. The van der Waals surface area contributed by atoms with Crippen molar-refractivity contribution in [2.75, 3.05) is 13.4 Å². The molecule has 0 amide bonds. The molecule has 236 valence electrons. The fourth-order valence-corrected chi connectivity index (χ4v) is 8.65. The summed E-state index contributed by atoms with van der Waals surface area (Å²) in [6, 6.07) is 28.1. The predicted octanol–water partition coefficient (Wildman–Crippen LogP) is 6.45. The zero-order valence-electron chi connectivity index (χ0n) is 24.9. The lowest BCUT2D eigenvalue weighted by molar-refractivity contribution is -0.138. The maximum Gasteiger partial charge on any atom is 0.338 e. The van der Waals surface area contributed by atoms with Gasteiger partial charge in [-0.05, 0) is 99.1 Å². The summed E-state index contributed by atoms with van der Waals surface area (Å²) in [7, 11) is 0. The number of ether oxygens (including phenoxy) is 4. The maximum atomic E-state index is 14.3. The monoisotopic (exact) mass is 868 g/mol. The van der Waals surface area contributed by atoms with Gasteiger partial charge in [-0.3, -0.25) is 9.36 Å². The van der Waals surface area contributed by atoms with Gasteiger partial charge in [-0.1, -0.05) is 78.1 Å². The second-order valence-corrected chi connectivity index (χ2v) is 14.0. The average molecular weight is 868 g/mol. The minimum Gasteiger partial charge on any atom is -0.487 e. The first-order chi connectivity index (χ1) is 22.9. The van der Waals surface area contributed by atoms with E-state index in [1.165, 1.54) is 11.3 Å². The van der Waals surface area contributed by atoms with Crippen molar-refractivity contribution in [3.8, 4) is 17.2 Å². The highest BCUT2D eigenvalue weighted by molar-refractivity contribution is 14.1. The van der Waals surface area contributed by atoms with Gasteiger partial charge in [0.25, 0.3) is 5.56 Å². The smallest absolute Gasteiger partial charge is 0.338 e. The standard InChI is InChI=1S/C36H26I2N2O6S/c1-2-43-35(42)30-31(23-11-7-4-8-12-23)39-36-40(32(30)24-13-14-27-28(18-24)46-20-45-27)34(41)29(47-36)17-22-15-25(37)33(26(38)16-22)44-19-21-9-5-3-6-10-21/h3-18,32H,2,19-20H2,1H3/b29-17-. The number of hydrogen-bond donors (Lipinski definition) is 0. The summed E-state index contributed by atoms with van der Waals surface area (Å²) in [4.78, 5) is 33.5. The van der Waals surface area contributed by atoms with Gasteiger partial charge in [0.2, 0.25) is 6.79 Å². The van der Waals surface area contributed by atoms with E-state index in [4.69, 9.17) is 23.9 Å². The van der Waals surface area contributed by atoms with Crippen molar-refractivity contribution in [2.24, 2.45) is 4.99 Å². The third kappa shape index (κ3) is 6.35. The number of rotatable bonds is 8. The average Bonchev–Trinajstić information content (AvgIpc) is 3.68. The number of halogens is 2. The molecule has 0 radical (unpaired) electrons. The van der Waals surface area contributed by atoms with Gasteiger partial charge >= 0.3 is 5.97 Å². The van der Waals surface area contributed by atoms with Crippen LogP contribution in [0.5, 0.6) is 17.2 Å². The molecular formula is C36H26I2N2O6S. The molecule has 0 saturated carbocycles. The second-order valence-electron chi connectivity index (χ2n) is 10.6. The van der Waals surface area contributed by atoms with Crippen molar-refractivity contribution in [2.45, 2.75) is 19.6 Å². The summed E-state index contributed by atoms with van der Waals surface area (Å²) in [5.41, 5.74) is 3.83. The normalized spacial score (nSPS) is 15.3. The largest absolute Gasteiger partial charge is 0.487 e. The summed E-state index contributed by atoms with van der Waals surface area (Å²) in [6.45, 7) is 2.49. The van der Waals surface area contributed by atoms with E-state index in [1.54, 1.807) is 17.6 Å². The van der Waals surface area contributed by atoms with Crippen molar-refractivity contribution in [1.29, 1.82) is 0 Å². The van der Waals surface area contributed by atoms with Crippen LogP contribution in [0.3, 0.4) is 0 Å². The van der Waals surface area contributed by atoms with Crippen molar-refractivity contribution in [3.63, 3.8) is 0 Å². The third-order valence-corrected chi connectivity index (χ3v) is 10.2. The lowest BCUT2D eigenvalue weighted by atomic mass is 9.93. The van der Waals surface area contributed by atoms with E-state index >= 15 is 0 Å². The summed E-state index contributed by atoms with van der Waals surface area (Å²) >= 11 is 5.81. The van der Waals surface area contributed by atoms with E-state index in [2.05, 4.69) is 45.2 Å². The van der Waals surface area contributed by atoms with Crippen molar-refractivity contribution in [3.05, 3.63) is 146 Å². The Morgan fingerprint density at radius 3 is 2.40 bits per heavy atom. The van der Waals surface area contributed by atoms with Crippen LogP contribution in [0.1, 0.15) is 35.2 Å². The van der Waals surface area contributed by atoms with Gasteiger partial charge < -0.3 is 18.9 Å². The van der Waals surface area contributed by atoms with Gasteiger partial charge in [-0.2, -0.15) is 0 Å². The molecule has 2 aliphatic rings. The van der Waals surface area contributed by atoms with Crippen molar-refractivity contribution < 1.29 is 23.7 Å². The van der Waals surface area contributed by atoms with E-state index in [9.17, 15) is 9.59 Å². The first-order valence-electron chi connectivity index (χ1n) is 14.7.